The molecule has 2 amide bonds. The van der Waals surface area contributed by atoms with Crippen LogP contribution in [0.2, 0.25) is 0 Å². The van der Waals surface area contributed by atoms with E-state index in [1.54, 1.807) is 12.1 Å². The number of nitrogens with zero attached hydrogens (tertiary/aromatic N) is 1. The zero-order valence-electron chi connectivity index (χ0n) is 12.9. The topological polar surface area (TPSA) is 72.6 Å². The molecule has 3 aromatic carbocycles. The lowest BCUT2D eigenvalue weighted by molar-refractivity contribution is 0.0654. The Labute approximate surface area is 138 Å². The summed E-state index contributed by atoms with van der Waals surface area (Å²) in [6.07, 6.45) is 0. The van der Waals surface area contributed by atoms with Crippen molar-refractivity contribution in [2.24, 2.45) is 5.84 Å². The summed E-state index contributed by atoms with van der Waals surface area (Å²) >= 11 is 0. The van der Waals surface area contributed by atoms with Crippen LogP contribution in [0, 0.1) is 6.92 Å². The van der Waals surface area contributed by atoms with E-state index in [4.69, 9.17) is 10.6 Å². The molecule has 118 valence electrons. The molecule has 1 aliphatic rings. The van der Waals surface area contributed by atoms with E-state index in [-0.39, 0.29) is 5.56 Å². The fraction of sp³-hybridized carbons (Fsp3) is 0.0526. The number of carbonyl (C=O) groups is 2. The van der Waals surface area contributed by atoms with Crippen LogP contribution in [0.15, 0.2) is 54.6 Å². The molecule has 2 N–H and O–H groups in total. The van der Waals surface area contributed by atoms with Crippen molar-refractivity contribution in [1.82, 2.24) is 5.01 Å². The van der Waals surface area contributed by atoms with Gasteiger partial charge < -0.3 is 4.74 Å². The van der Waals surface area contributed by atoms with Crippen molar-refractivity contribution in [3.8, 4) is 11.5 Å². The summed E-state index contributed by atoms with van der Waals surface area (Å²) in [7, 11) is 0. The molecule has 0 radical (unpaired) electrons. The Morgan fingerprint density at radius 3 is 2.29 bits per heavy atom. The summed E-state index contributed by atoms with van der Waals surface area (Å²) < 4.78 is 5.97. The van der Waals surface area contributed by atoms with E-state index >= 15 is 0 Å². The van der Waals surface area contributed by atoms with Gasteiger partial charge in [-0.05, 0) is 30.5 Å². The van der Waals surface area contributed by atoms with Crippen LogP contribution in [0.25, 0.3) is 10.8 Å². The molecule has 0 spiro atoms. The van der Waals surface area contributed by atoms with Crippen molar-refractivity contribution >= 4 is 22.6 Å². The highest BCUT2D eigenvalue weighted by Crippen LogP contribution is 2.37. The van der Waals surface area contributed by atoms with E-state index in [1.165, 1.54) is 0 Å². The number of benzene rings is 3. The number of hydrogen-bond acceptors (Lipinski definition) is 4. The highest BCUT2D eigenvalue weighted by Gasteiger charge is 2.36. The third-order valence-electron chi connectivity index (χ3n) is 4.14. The molecule has 24 heavy (non-hydrogen) atoms. The van der Waals surface area contributed by atoms with E-state index < -0.39 is 11.8 Å². The first-order chi connectivity index (χ1) is 11.6. The first-order valence-electron chi connectivity index (χ1n) is 7.50. The maximum Gasteiger partial charge on any atom is 0.276 e. The number of carbonyl (C=O) groups excluding carboxylic acids is 2. The third-order valence-corrected chi connectivity index (χ3v) is 4.14. The number of nitrogens with two attached hydrogens (primary N) is 1. The van der Waals surface area contributed by atoms with Crippen molar-refractivity contribution < 1.29 is 14.3 Å². The van der Waals surface area contributed by atoms with Crippen LogP contribution in [-0.2, 0) is 0 Å². The normalized spacial score (nSPS) is 13.5. The highest BCUT2D eigenvalue weighted by molar-refractivity contribution is 6.26. The summed E-state index contributed by atoms with van der Waals surface area (Å²) in [6, 6.07) is 16.5. The quantitative estimate of drug-likeness (QED) is 0.446. The standard InChI is InChI=1S/C19H14N2O3/c1-11-6-8-12(9-7-11)24-16-10-15-17(19(23)21(20)18(15)22)14-5-3-2-4-13(14)16/h2-10H,20H2,1H3. The Kier molecular flexibility index (Phi) is 3.11. The van der Waals surface area contributed by atoms with Crippen molar-refractivity contribution in [2.75, 3.05) is 0 Å². The molecule has 5 nitrogen and oxygen atoms in total. The molecule has 1 heterocycles. The van der Waals surface area contributed by atoms with Crippen LogP contribution in [0.1, 0.15) is 26.3 Å². The Hall–Kier alpha value is -3.18. The number of hydrogen-bond donors (Lipinski definition) is 1. The molecule has 3 aromatic rings. The van der Waals surface area contributed by atoms with Crippen molar-refractivity contribution in [2.45, 2.75) is 6.92 Å². The molecule has 0 unspecified atom stereocenters. The zero-order chi connectivity index (χ0) is 16.8. The van der Waals surface area contributed by atoms with E-state index in [0.717, 1.165) is 10.9 Å². The van der Waals surface area contributed by atoms with Gasteiger partial charge in [-0.2, -0.15) is 0 Å². The molecule has 4 rings (SSSR count). The largest absolute Gasteiger partial charge is 0.457 e. The lowest BCUT2D eigenvalue weighted by Crippen LogP contribution is -2.36. The highest BCUT2D eigenvalue weighted by atomic mass is 16.5. The fourth-order valence-electron chi connectivity index (χ4n) is 2.90. The summed E-state index contributed by atoms with van der Waals surface area (Å²) in [5.41, 5.74) is 1.72. The summed E-state index contributed by atoms with van der Waals surface area (Å²) in [5.74, 6) is 5.74. The molecule has 0 saturated heterocycles. The lowest BCUT2D eigenvalue weighted by atomic mass is 9.99. The van der Waals surface area contributed by atoms with Crippen LogP contribution in [0.4, 0.5) is 0 Å². The minimum Gasteiger partial charge on any atom is -0.457 e. The zero-order valence-corrected chi connectivity index (χ0v) is 12.9. The van der Waals surface area contributed by atoms with Crippen molar-refractivity contribution in [3.05, 3.63) is 71.3 Å². The van der Waals surface area contributed by atoms with Gasteiger partial charge in [-0.25, -0.2) is 10.9 Å². The number of rotatable bonds is 2. The predicted molar refractivity (Wildman–Crippen MR) is 89.9 cm³/mol. The van der Waals surface area contributed by atoms with E-state index in [0.29, 0.717) is 27.5 Å². The Morgan fingerprint density at radius 2 is 1.58 bits per heavy atom. The fourth-order valence-corrected chi connectivity index (χ4v) is 2.90. The molecule has 5 heteroatoms. The van der Waals surface area contributed by atoms with E-state index in [9.17, 15) is 9.59 Å². The van der Waals surface area contributed by atoms with Gasteiger partial charge in [0.2, 0.25) is 0 Å². The maximum absolute atomic E-state index is 12.3. The average Bonchev–Trinajstić information content (AvgIpc) is 2.81. The number of imide groups is 1. The van der Waals surface area contributed by atoms with Crippen molar-refractivity contribution in [1.29, 1.82) is 0 Å². The van der Waals surface area contributed by atoms with Crippen LogP contribution in [0.3, 0.4) is 0 Å². The molecule has 0 bridgehead atoms. The predicted octanol–water partition coefficient (Wildman–Crippen LogP) is 3.41. The number of ether oxygens (including phenoxy) is 1. The number of fused-ring (bicyclic) bond motifs is 3. The number of aryl methyl sites for hydroxylation is 1. The first-order valence-corrected chi connectivity index (χ1v) is 7.50. The molecule has 0 aromatic heterocycles. The van der Waals surface area contributed by atoms with Gasteiger partial charge in [-0.1, -0.05) is 42.0 Å². The van der Waals surface area contributed by atoms with Crippen LogP contribution < -0.4 is 10.6 Å². The van der Waals surface area contributed by atoms with Crippen LogP contribution in [0.5, 0.6) is 11.5 Å². The smallest absolute Gasteiger partial charge is 0.276 e. The van der Waals surface area contributed by atoms with E-state index in [2.05, 4.69) is 0 Å². The Balaban J connectivity index is 1.93. The molecule has 0 aliphatic carbocycles. The van der Waals surface area contributed by atoms with Gasteiger partial charge in [0.1, 0.15) is 11.5 Å². The number of hydrazine groups is 1. The van der Waals surface area contributed by atoms with E-state index in [1.807, 2.05) is 49.4 Å². The summed E-state index contributed by atoms with van der Waals surface area (Å²) in [6.45, 7) is 1.99. The second-order valence-corrected chi connectivity index (χ2v) is 5.74. The molecule has 0 saturated carbocycles. The van der Waals surface area contributed by atoms with Gasteiger partial charge in [0.05, 0.1) is 11.1 Å². The van der Waals surface area contributed by atoms with Gasteiger partial charge in [-0.15, -0.1) is 0 Å². The Bertz CT molecular complexity index is 993. The summed E-state index contributed by atoms with van der Waals surface area (Å²) in [4.78, 5) is 24.5. The molecular formula is C19H14N2O3. The molecule has 1 aliphatic heterocycles. The van der Waals surface area contributed by atoms with Crippen LogP contribution in [-0.4, -0.2) is 16.8 Å². The van der Waals surface area contributed by atoms with Gasteiger partial charge in [0.25, 0.3) is 11.8 Å². The van der Waals surface area contributed by atoms with Crippen LogP contribution >= 0.6 is 0 Å². The summed E-state index contributed by atoms with van der Waals surface area (Å²) in [5, 5.41) is 2.06. The SMILES string of the molecule is Cc1ccc(Oc2cc3c(c4ccccc24)C(=O)N(N)C3=O)cc1. The average molecular weight is 318 g/mol. The minimum atomic E-state index is -0.519. The van der Waals surface area contributed by atoms with Gasteiger partial charge in [0.15, 0.2) is 0 Å². The maximum atomic E-state index is 12.3. The van der Waals surface area contributed by atoms with Gasteiger partial charge in [-0.3, -0.25) is 9.59 Å². The second-order valence-electron chi connectivity index (χ2n) is 5.74. The third kappa shape index (κ3) is 2.06. The minimum absolute atomic E-state index is 0.267. The molecule has 0 fully saturated rings. The first kappa shape index (κ1) is 14.4. The van der Waals surface area contributed by atoms with Gasteiger partial charge >= 0.3 is 0 Å². The Morgan fingerprint density at radius 1 is 0.917 bits per heavy atom. The van der Waals surface area contributed by atoms with Gasteiger partial charge in [0, 0.05) is 5.39 Å². The lowest BCUT2D eigenvalue weighted by Gasteiger charge is -2.11. The van der Waals surface area contributed by atoms with Crippen molar-refractivity contribution in [3.63, 3.8) is 0 Å². The molecule has 0 atom stereocenters. The monoisotopic (exact) mass is 318 g/mol. The molecular weight excluding hydrogens is 304 g/mol. The number of amides is 2. The second kappa shape index (κ2) is 5.18.